The van der Waals surface area contributed by atoms with Crippen molar-refractivity contribution in [3.05, 3.63) is 33.4 Å². The highest BCUT2D eigenvalue weighted by Gasteiger charge is 2.09. The highest BCUT2D eigenvalue weighted by molar-refractivity contribution is 9.10. The molecule has 1 aromatic carbocycles. The van der Waals surface area contributed by atoms with Gasteiger partial charge in [-0.05, 0) is 18.2 Å². The topological polar surface area (TPSA) is 34.1 Å². The Kier molecular flexibility index (Phi) is 3.86. The normalized spacial score (nSPS) is 10.8. The summed E-state index contributed by atoms with van der Waals surface area (Å²) in [5.74, 6) is 0. The van der Waals surface area contributed by atoms with Crippen LogP contribution in [0.1, 0.15) is 5.69 Å². The van der Waals surface area contributed by atoms with Crippen molar-refractivity contribution < 1.29 is 4.74 Å². The van der Waals surface area contributed by atoms with Crippen molar-refractivity contribution in [3.63, 3.8) is 0 Å². The number of halogens is 2. The molecule has 0 aliphatic heterocycles. The molecular formula is C12H12BrClN2O. The summed E-state index contributed by atoms with van der Waals surface area (Å²) >= 11 is 9.63. The van der Waals surface area contributed by atoms with Crippen molar-refractivity contribution in [2.45, 2.75) is 6.61 Å². The third-order valence-corrected chi connectivity index (χ3v) is 3.19. The van der Waals surface area contributed by atoms with Gasteiger partial charge in [0.25, 0.3) is 0 Å². The van der Waals surface area contributed by atoms with Crippen molar-refractivity contribution in [2.75, 3.05) is 19.5 Å². The van der Waals surface area contributed by atoms with Crippen LogP contribution in [0.4, 0.5) is 5.69 Å². The molecule has 0 atom stereocenters. The molecule has 5 heteroatoms. The van der Waals surface area contributed by atoms with Crippen molar-refractivity contribution in [3.8, 4) is 0 Å². The van der Waals surface area contributed by atoms with E-state index in [4.69, 9.17) is 16.3 Å². The van der Waals surface area contributed by atoms with Crippen LogP contribution in [0.15, 0.2) is 22.7 Å². The monoisotopic (exact) mass is 314 g/mol. The SMILES string of the molecule is CNc1cc(COC)nc2c(Cl)cc(Br)cc12. The molecule has 90 valence electrons. The van der Waals surface area contributed by atoms with E-state index in [0.717, 1.165) is 26.8 Å². The van der Waals surface area contributed by atoms with Gasteiger partial charge in [-0.25, -0.2) is 4.98 Å². The van der Waals surface area contributed by atoms with Crippen molar-refractivity contribution in [2.24, 2.45) is 0 Å². The molecule has 3 nitrogen and oxygen atoms in total. The van der Waals surface area contributed by atoms with Gasteiger partial charge in [0.05, 0.1) is 22.8 Å². The molecule has 0 unspecified atom stereocenters. The van der Waals surface area contributed by atoms with Gasteiger partial charge >= 0.3 is 0 Å². The van der Waals surface area contributed by atoms with Crippen LogP contribution in [-0.4, -0.2) is 19.1 Å². The molecule has 0 saturated carbocycles. The van der Waals surface area contributed by atoms with E-state index in [2.05, 4.69) is 26.2 Å². The number of rotatable bonds is 3. The second-order valence-corrected chi connectivity index (χ2v) is 4.95. The van der Waals surface area contributed by atoms with E-state index in [1.54, 1.807) is 7.11 Å². The number of hydrogen-bond donors (Lipinski definition) is 1. The Bertz CT molecular complexity index is 560. The Morgan fingerprint density at radius 3 is 2.82 bits per heavy atom. The van der Waals surface area contributed by atoms with Gasteiger partial charge in [0, 0.05) is 29.7 Å². The van der Waals surface area contributed by atoms with Gasteiger partial charge < -0.3 is 10.1 Å². The van der Waals surface area contributed by atoms with E-state index in [-0.39, 0.29) is 0 Å². The lowest BCUT2D eigenvalue weighted by atomic mass is 10.1. The fourth-order valence-electron chi connectivity index (χ4n) is 1.73. The van der Waals surface area contributed by atoms with E-state index < -0.39 is 0 Å². The Morgan fingerprint density at radius 2 is 2.18 bits per heavy atom. The third kappa shape index (κ3) is 2.54. The largest absolute Gasteiger partial charge is 0.388 e. The quantitative estimate of drug-likeness (QED) is 0.934. The fourth-order valence-corrected chi connectivity index (χ4v) is 2.59. The van der Waals surface area contributed by atoms with Crippen LogP contribution in [0.5, 0.6) is 0 Å². The Balaban J connectivity index is 2.73. The Morgan fingerprint density at radius 1 is 1.41 bits per heavy atom. The lowest BCUT2D eigenvalue weighted by Gasteiger charge is -2.10. The fraction of sp³-hybridized carbons (Fsp3) is 0.250. The number of benzene rings is 1. The van der Waals surface area contributed by atoms with E-state index in [9.17, 15) is 0 Å². The molecule has 1 N–H and O–H groups in total. The van der Waals surface area contributed by atoms with E-state index in [0.29, 0.717) is 11.6 Å². The lowest BCUT2D eigenvalue weighted by molar-refractivity contribution is 0.182. The van der Waals surface area contributed by atoms with Crippen LogP contribution in [0.3, 0.4) is 0 Å². The predicted octanol–water partition coefficient (Wildman–Crippen LogP) is 3.84. The summed E-state index contributed by atoms with van der Waals surface area (Å²) in [5, 5.41) is 4.77. The van der Waals surface area contributed by atoms with Crippen LogP contribution in [0.2, 0.25) is 5.02 Å². The van der Waals surface area contributed by atoms with E-state index in [1.165, 1.54) is 0 Å². The molecule has 0 aliphatic rings. The first-order valence-electron chi connectivity index (χ1n) is 5.11. The minimum absolute atomic E-state index is 0.469. The molecule has 2 rings (SSSR count). The maximum Gasteiger partial charge on any atom is 0.0914 e. The van der Waals surface area contributed by atoms with Crippen LogP contribution >= 0.6 is 27.5 Å². The number of nitrogens with zero attached hydrogens (tertiary/aromatic N) is 1. The van der Waals surface area contributed by atoms with Gasteiger partial charge in [-0.3, -0.25) is 0 Å². The third-order valence-electron chi connectivity index (χ3n) is 2.45. The summed E-state index contributed by atoms with van der Waals surface area (Å²) in [4.78, 5) is 4.50. The number of anilines is 1. The van der Waals surface area contributed by atoms with Gasteiger partial charge in [0.1, 0.15) is 0 Å². The molecule has 0 saturated heterocycles. The standard InChI is InChI=1S/C12H12BrClN2O/c1-15-11-5-8(6-17-2)16-12-9(11)3-7(13)4-10(12)14/h3-5H,6H2,1-2H3,(H,15,16). The van der Waals surface area contributed by atoms with Gasteiger partial charge in [0.15, 0.2) is 0 Å². The number of pyridine rings is 1. The molecule has 0 aliphatic carbocycles. The summed E-state index contributed by atoms with van der Waals surface area (Å²) in [5.41, 5.74) is 2.63. The molecule has 0 radical (unpaired) electrons. The first-order valence-corrected chi connectivity index (χ1v) is 6.28. The van der Waals surface area contributed by atoms with Gasteiger partial charge in [0.2, 0.25) is 0 Å². The van der Waals surface area contributed by atoms with Crippen LogP contribution in [-0.2, 0) is 11.3 Å². The Hall–Kier alpha value is -0.840. The van der Waals surface area contributed by atoms with E-state index >= 15 is 0 Å². The van der Waals surface area contributed by atoms with Crippen molar-refractivity contribution in [1.29, 1.82) is 0 Å². The summed E-state index contributed by atoms with van der Waals surface area (Å²) in [6.07, 6.45) is 0. The van der Waals surface area contributed by atoms with E-state index in [1.807, 2.05) is 25.2 Å². The van der Waals surface area contributed by atoms with Crippen LogP contribution < -0.4 is 5.32 Å². The van der Waals surface area contributed by atoms with Gasteiger partial charge in [-0.1, -0.05) is 27.5 Å². The number of aromatic nitrogens is 1. The molecule has 0 fully saturated rings. The highest BCUT2D eigenvalue weighted by Crippen LogP contribution is 2.32. The van der Waals surface area contributed by atoms with Crippen LogP contribution in [0.25, 0.3) is 10.9 Å². The molecule has 1 aromatic heterocycles. The minimum Gasteiger partial charge on any atom is -0.388 e. The molecular weight excluding hydrogens is 304 g/mol. The number of fused-ring (bicyclic) bond motifs is 1. The summed E-state index contributed by atoms with van der Waals surface area (Å²) in [7, 11) is 3.52. The number of nitrogens with one attached hydrogen (secondary N) is 1. The van der Waals surface area contributed by atoms with Crippen molar-refractivity contribution in [1.82, 2.24) is 4.98 Å². The predicted molar refractivity (Wildman–Crippen MR) is 74.7 cm³/mol. The average molecular weight is 316 g/mol. The smallest absolute Gasteiger partial charge is 0.0914 e. The summed E-state index contributed by atoms with van der Waals surface area (Å²) < 4.78 is 6.04. The second kappa shape index (κ2) is 5.21. The van der Waals surface area contributed by atoms with Gasteiger partial charge in [-0.15, -0.1) is 0 Å². The molecule has 0 bridgehead atoms. The minimum atomic E-state index is 0.469. The zero-order valence-electron chi connectivity index (χ0n) is 9.55. The zero-order valence-corrected chi connectivity index (χ0v) is 11.9. The average Bonchev–Trinajstić information content (AvgIpc) is 2.29. The molecule has 1 heterocycles. The molecule has 0 amide bonds. The Labute approximate surface area is 113 Å². The van der Waals surface area contributed by atoms with Crippen LogP contribution in [0, 0.1) is 0 Å². The zero-order chi connectivity index (χ0) is 12.4. The second-order valence-electron chi connectivity index (χ2n) is 3.63. The molecule has 2 aromatic rings. The maximum atomic E-state index is 6.20. The number of hydrogen-bond acceptors (Lipinski definition) is 3. The van der Waals surface area contributed by atoms with Gasteiger partial charge in [-0.2, -0.15) is 0 Å². The molecule has 0 spiro atoms. The first kappa shape index (κ1) is 12.6. The maximum absolute atomic E-state index is 6.20. The summed E-state index contributed by atoms with van der Waals surface area (Å²) in [6.45, 7) is 0.469. The summed E-state index contributed by atoms with van der Waals surface area (Å²) in [6, 6.07) is 5.80. The molecule has 17 heavy (non-hydrogen) atoms. The number of ether oxygens (including phenoxy) is 1. The number of methoxy groups -OCH3 is 1. The highest BCUT2D eigenvalue weighted by atomic mass is 79.9. The van der Waals surface area contributed by atoms with Crippen molar-refractivity contribution >= 4 is 44.1 Å². The lowest BCUT2D eigenvalue weighted by Crippen LogP contribution is -1.98. The first-order chi connectivity index (χ1) is 8.15.